The maximum atomic E-state index is 12.4. The van der Waals surface area contributed by atoms with E-state index in [1.807, 2.05) is 0 Å². The Morgan fingerprint density at radius 2 is 1.71 bits per heavy atom. The molecule has 2 saturated carbocycles. The van der Waals surface area contributed by atoms with E-state index in [9.17, 15) is 19.7 Å². The number of hydrogen-bond acceptors (Lipinski definition) is 6. The summed E-state index contributed by atoms with van der Waals surface area (Å²) >= 11 is 12.1. The molecule has 9 heteroatoms. The fourth-order valence-electron chi connectivity index (χ4n) is 3.46. The summed E-state index contributed by atoms with van der Waals surface area (Å²) in [5.74, 6) is -4.23. The van der Waals surface area contributed by atoms with Crippen LogP contribution in [-0.2, 0) is 19.1 Å². The molecule has 116 valence electrons. The second-order valence-corrected chi connectivity index (χ2v) is 7.22. The highest BCUT2D eigenvalue weighted by molar-refractivity contribution is 6.56. The van der Waals surface area contributed by atoms with Crippen LogP contribution in [0.4, 0.5) is 0 Å². The van der Waals surface area contributed by atoms with Crippen molar-refractivity contribution in [3.8, 4) is 0 Å². The Bertz CT molecular complexity index is 522. The minimum absolute atomic E-state index is 0.424. The third-order valence-corrected chi connectivity index (χ3v) is 5.75. The lowest BCUT2D eigenvalue weighted by Crippen LogP contribution is -2.52. The predicted molar refractivity (Wildman–Crippen MR) is 70.2 cm³/mol. The van der Waals surface area contributed by atoms with Crippen molar-refractivity contribution in [1.29, 1.82) is 0 Å². The summed E-state index contributed by atoms with van der Waals surface area (Å²) in [5.41, 5.74) is -1.99. The summed E-state index contributed by atoms with van der Waals surface area (Å²) in [7, 11) is 0. The van der Waals surface area contributed by atoms with Crippen molar-refractivity contribution in [2.45, 2.75) is 48.8 Å². The first kappa shape index (κ1) is 14.8. The molecule has 3 rings (SSSR count). The van der Waals surface area contributed by atoms with E-state index in [-0.39, 0.29) is 0 Å². The Labute approximate surface area is 130 Å². The van der Waals surface area contributed by atoms with Gasteiger partial charge in [-0.2, -0.15) is 0 Å². The molecule has 3 aliphatic rings. The zero-order valence-corrected chi connectivity index (χ0v) is 12.6. The Morgan fingerprint density at radius 3 is 2.14 bits per heavy atom. The van der Waals surface area contributed by atoms with Gasteiger partial charge in [-0.25, -0.2) is 0 Å². The SMILES string of the molecule is C[C@@H]([C@@H]1C(Cl)(Cl)C12C(=O)OC1(CCCC1)OC2=O)[N+](=O)[O-]. The van der Waals surface area contributed by atoms with Gasteiger partial charge in [0.1, 0.15) is 0 Å². The fourth-order valence-corrected chi connectivity index (χ4v) is 4.59. The van der Waals surface area contributed by atoms with Gasteiger partial charge in [-0.15, -0.1) is 0 Å². The highest BCUT2D eigenvalue weighted by Crippen LogP contribution is 2.73. The maximum Gasteiger partial charge on any atom is 0.330 e. The first-order valence-electron chi connectivity index (χ1n) is 6.67. The largest absolute Gasteiger partial charge is 0.422 e. The second-order valence-electron chi connectivity index (χ2n) is 5.83. The number of ether oxygens (including phenoxy) is 2. The fraction of sp³-hybridized carbons (Fsp3) is 0.833. The summed E-state index contributed by atoms with van der Waals surface area (Å²) in [6.45, 7) is 1.25. The van der Waals surface area contributed by atoms with E-state index in [1.54, 1.807) is 0 Å². The molecule has 0 bridgehead atoms. The number of carbonyl (C=O) groups excluding carboxylic acids is 2. The Balaban J connectivity index is 1.94. The number of nitro groups is 1. The molecule has 7 nitrogen and oxygen atoms in total. The lowest BCUT2D eigenvalue weighted by atomic mass is 9.98. The average Bonchev–Trinajstić information content (AvgIpc) is 2.67. The van der Waals surface area contributed by atoms with Crippen molar-refractivity contribution < 1.29 is 24.0 Å². The minimum Gasteiger partial charge on any atom is -0.422 e. The van der Waals surface area contributed by atoms with Gasteiger partial charge in [-0.05, 0) is 12.8 Å². The van der Waals surface area contributed by atoms with Crippen LogP contribution < -0.4 is 0 Å². The van der Waals surface area contributed by atoms with Crippen molar-refractivity contribution in [1.82, 2.24) is 0 Å². The smallest absolute Gasteiger partial charge is 0.330 e. The number of esters is 2. The highest BCUT2D eigenvalue weighted by atomic mass is 35.5. The molecule has 1 heterocycles. The molecule has 1 aliphatic heterocycles. The first-order chi connectivity index (χ1) is 9.69. The third-order valence-electron chi connectivity index (χ3n) is 4.68. The predicted octanol–water partition coefficient (Wildman–Crippen LogP) is 1.81. The number of hydrogen-bond donors (Lipinski definition) is 0. The molecule has 0 unspecified atom stereocenters. The van der Waals surface area contributed by atoms with E-state index >= 15 is 0 Å². The van der Waals surface area contributed by atoms with Gasteiger partial charge >= 0.3 is 11.9 Å². The van der Waals surface area contributed by atoms with Crippen LogP contribution in [0.1, 0.15) is 32.6 Å². The third kappa shape index (κ3) is 1.67. The Kier molecular flexibility index (Phi) is 2.99. The van der Waals surface area contributed by atoms with Gasteiger partial charge in [0.25, 0.3) is 5.79 Å². The van der Waals surface area contributed by atoms with Gasteiger partial charge in [0.2, 0.25) is 11.5 Å². The zero-order valence-electron chi connectivity index (χ0n) is 11.1. The van der Waals surface area contributed by atoms with Crippen LogP contribution in [0, 0.1) is 21.4 Å². The Hall–Kier alpha value is -1.08. The molecular formula is C12H13Cl2NO6. The van der Waals surface area contributed by atoms with E-state index in [0.717, 1.165) is 12.8 Å². The van der Waals surface area contributed by atoms with Crippen molar-refractivity contribution in [3.63, 3.8) is 0 Å². The number of rotatable bonds is 2. The molecule has 3 fully saturated rings. The van der Waals surface area contributed by atoms with Gasteiger partial charge in [-0.3, -0.25) is 19.7 Å². The van der Waals surface area contributed by atoms with Gasteiger partial charge in [0.15, 0.2) is 4.33 Å². The normalized spacial score (nSPS) is 37.2. The zero-order chi connectivity index (χ0) is 15.6. The van der Waals surface area contributed by atoms with Gasteiger partial charge < -0.3 is 9.47 Å². The summed E-state index contributed by atoms with van der Waals surface area (Å²) in [5, 5.41) is 10.9. The molecule has 21 heavy (non-hydrogen) atoms. The van der Waals surface area contributed by atoms with Crippen LogP contribution in [0.25, 0.3) is 0 Å². The van der Waals surface area contributed by atoms with Crippen LogP contribution >= 0.6 is 23.2 Å². The van der Waals surface area contributed by atoms with Gasteiger partial charge in [-0.1, -0.05) is 23.2 Å². The lowest BCUT2D eigenvalue weighted by Gasteiger charge is -2.36. The van der Waals surface area contributed by atoms with E-state index in [2.05, 4.69) is 0 Å². The molecule has 0 N–H and O–H groups in total. The van der Waals surface area contributed by atoms with Crippen LogP contribution in [0.15, 0.2) is 0 Å². The van der Waals surface area contributed by atoms with Gasteiger partial charge in [0.05, 0.1) is 5.92 Å². The van der Waals surface area contributed by atoms with Crippen LogP contribution in [0.5, 0.6) is 0 Å². The molecule has 2 spiro atoms. The molecule has 1 saturated heterocycles. The number of halogens is 2. The maximum absolute atomic E-state index is 12.4. The van der Waals surface area contributed by atoms with Crippen LogP contribution in [0.2, 0.25) is 0 Å². The highest BCUT2D eigenvalue weighted by Gasteiger charge is 2.92. The molecule has 2 aliphatic carbocycles. The molecule has 0 aromatic carbocycles. The second kappa shape index (κ2) is 4.23. The van der Waals surface area contributed by atoms with Crippen LogP contribution in [-0.4, -0.2) is 33.0 Å². The molecule has 0 radical (unpaired) electrons. The van der Waals surface area contributed by atoms with E-state index < -0.39 is 44.4 Å². The van der Waals surface area contributed by atoms with Crippen molar-refractivity contribution in [2.75, 3.05) is 0 Å². The van der Waals surface area contributed by atoms with Crippen molar-refractivity contribution >= 4 is 35.1 Å². The van der Waals surface area contributed by atoms with Gasteiger partial charge in [0, 0.05) is 24.7 Å². The summed E-state index contributed by atoms with van der Waals surface area (Å²) < 4.78 is 8.73. The number of nitrogens with zero attached hydrogens (tertiary/aromatic N) is 1. The number of carbonyl (C=O) groups is 2. The summed E-state index contributed by atoms with van der Waals surface area (Å²) in [6.07, 6.45) is 2.39. The first-order valence-corrected chi connectivity index (χ1v) is 7.43. The Morgan fingerprint density at radius 1 is 1.24 bits per heavy atom. The molecule has 0 amide bonds. The molecular weight excluding hydrogens is 325 g/mol. The van der Waals surface area contributed by atoms with E-state index in [0.29, 0.717) is 12.8 Å². The molecule has 0 aromatic heterocycles. The molecule has 0 aromatic rings. The van der Waals surface area contributed by atoms with E-state index in [4.69, 9.17) is 32.7 Å². The monoisotopic (exact) mass is 337 g/mol. The standard InChI is InChI=1S/C12H13Cl2NO6/c1-6(15(18)19)7-11(12(7,13)14)8(16)20-10(21-9(11)17)4-2-3-5-10/h6-7H,2-5H2,1H3/t6-,7-/m0/s1. The summed E-state index contributed by atoms with van der Waals surface area (Å²) in [4.78, 5) is 35.1. The minimum atomic E-state index is -1.99. The van der Waals surface area contributed by atoms with Crippen LogP contribution in [0.3, 0.4) is 0 Å². The summed E-state index contributed by atoms with van der Waals surface area (Å²) in [6, 6.07) is -1.27. The molecule has 2 atom stereocenters. The van der Waals surface area contributed by atoms with Crippen molar-refractivity contribution in [3.05, 3.63) is 10.1 Å². The topological polar surface area (TPSA) is 95.7 Å². The number of alkyl halides is 2. The average molecular weight is 338 g/mol. The lowest BCUT2D eigenvalue weighted by molar-refractivity contribution is -0.523. The van der Waals surface area contributed by atoms with Crippen molar-refractivity contribution in [2.24, 2.45) is 11.3 Å². The quantitative estimate of drug-likeness (QED) is 0.250. The van der Waals surface area contributed by atoms with E-state index in [1.165, 1.54) is 6.92 Å².